The first-order valence-corrected chi connectivity index (χ1v) is 14.3. The van der Waals surface area contributed by atoms with Gasteiger partial charge in [0.1, 0.15) is 28.6 Å². The van der Waals surface area contributed by atoms with Gasteiger partial charge in [0.05, 0.1) is 12.7 Å². The third kappa shape index (κ3) is 4.20. The van der Waals surface area contributed by atoms with E-state index in [0.29, 0.717) is 16.9 Å². The number of likely N-dealkylation sites (tertiary alicyclic amines) is 1. The third-order valence-electron chi connectivity index (χ3n) is 9.35. The molecule has 3 aliphatic carbocycles. The standard InChI is InChI=1S/C32H34N2O8/c1-42-24-8-5-16(15-34-9-3-2-4-10-34)11-20(24)19-6-7-22(35)26-21(19)13-17-12-18-14-23(36)27(31(33)40)30(39)32(18,41)29(38)25(17)28(26)37/h5-8,11,17-18,35-36,38,41H,2-4,9-10,12-15H2,1H3,(H2,33,40)/t17?,18?,32-/m0/s1. The topological polar surface area (TPSA) is 171 Å². The van der Waals surface area contributed by atoms with Crippen LogP contribution in [0.25, 0.3) is 11.1 Å². The molecule has 2 aromatic rings. The second-order valence-corrected chi connectivity index (χ2v) is 11.8. The summed E-state index contributed by atoms with van der Waals surface area (Å²) in [6.07, 6.45) is 3.59. The fourth-order valence-electron chi connectivity index (χ4n) is 7.31. The van der Waals surface area contributed by atoms with E-state index in [2.05, 4.69) is 4.90 Å². The summed E-state index contributed by atoms with van der Waals surface area (Å²) < 4.78 is 5.70. The van der Waals surface area contributed by atoms with Crippen LogP contribution in [0.2, 0.25) is 0 Å². The van der Waals surface area contributed by atoms with Crippen LogP contribution in [0.5, 0.6) is 11.5 Å². The van der Waals surface area contributed by atoms with E-state index in [0.717, 1.165) is 30.8 Å². The number of amides is 1. The van der Waals surface area contributed by atoms with Gasteiger partial charge in [-0.1, -0.05) is 18.6 Å². The van der Waals surface area contributed by atoms with Crippen molar-refractivity contribution in [3.63, 3.8) is 0 Å². The van der Waals surface area contributed by atoms with Crippen LogP contribution in [0.1, 0.15) is 53.6 Å². The van der Waals surface area contributed by atoms with Gasteiger partial charge >= 0.3 is 0 Å². The van der Waals surface area contributed by atoms with E-state index in [1.165, 1.54) is 25.3 Å². The highest BCUT2D eigenvalue weighted by Gasteiger charge is 2.59. The molecule has 6 rings (SSSR count). The van der Waals surface area contributed by atoms with Crippen LogP contribution in [0.3, 0.4) is 0 Å². The normalized spacial score (nSPS) is 26.0. The molecule has 0 radical (unpaired) electrons. The number of Topliss-reactive ketones (excluding diaryl/α,β-unsaturated/α-hetero) is 2. The number of benzene rings is 2. The first-order valence-electron chi connectivity index (χ1n) is 14.3. The number of aliphatic hydroxyl groups excluding tert-OH is 2. The summed E-state index contributed by atoms with van der Waals surface area (Å²) in [4.78, 5) is 41.4. The Labute approximate surface area is 242 Å². The van der Waals surface area contributed by atoms with Gasteiger partial charge in [0.25, 0.3) is 5.91 Å². The number of phenolic OH excluding ortho intramolecular Hbond substituents is 1. The smallest absolute Gasteiger partial charge is 0.255 e. The lowest BCUT2D eigenvalue weighted by atomic mass is 9.60. The molecular formula is C32H34N2O8. The fraction of sp³-hybridized carbons (Fsp3) is 0.406. The number of phenols is 1. The molecule has 42 heavy (non-hydrogen) atoms. The number of ether oxygens (including phenoxy) is 1. The Hall–Kier alpha value is -4.15. The maximum atomic E-state index is 14.0. The van der Waals surface area contributed by atoms with Gasteiger partial charge in [0, 0.05) is 30.0 Å². The molecule has 2 unspecified atom stereocenters. The first-order chi connectivity index (χ1) is 20.1. The molecule has 6 N–H and O–H groups in total. The number of nitrogens with two attached hydrogens (primary N) is 1. The van der Waals surface area contributed by atoms with Crippen LogP contribution in [0.4, 0.5) is 0 Å². The molecule has 1 aliphatic heterocycles. The van der Waals surface area contributed by atoms with Crippen molar-refractivity contribution in [2.45, 2.75) is 50.7 Å². The molecule has 1 amide bonds. The van der Waals surface area contributed by atoms with Crippen molar-refractivity contribution in [1.82, 2.24) is 4.90 Å². The number of hydrogen-bond acceptors (Lipinski definition) is 9. The van der Waals surface area contributed by atoms with Gasteiger partial charge in [-0.05, 0) is 79.6 Å². The summed E-state index contributed by atoms with van der Waals surface area (Å²) in [6.45, 7) is 2.84. The van der Waals surface area contributed by atoms with Crippen molar-refractivity contribution in [2.24, 2.45) is 17.6 Å². The molecule has 0 aromatic heterocycles. The predicted octanol–water partition coefficient (Wildman–Crippen LogP) is 3.24. The lowest BCUT2D eigenvalue weighted by Gasteiger charge is -2.45. The zero-order valence-electron chi connectivity index (χ0n) is 23.4. The molecule has 10 nitrogen and oxygen atoms in total. The van der Waals surface area contributed by atoms with Gasteiger partial charge < -0.3 is 30.9 Å². The average Bonchev–Trinajstić information content (AvgIpc) is 2.95. The van der Waals surface area contributed by atoms with E-state index in [4.69, 9.17) is 10.5 Å². The molecule has 2 aromatic carbocycles. The molecule has 0 saturated carbocycles. The molecule has 1 saturated heterocycles. The lowest BCUT2D eigenvalue weighted by Crippen LogP contribution is -2.57. The quantitative estimate of drug-likeness (QED) is 0.336. The molecule has 10 heteroatoms. The second-order valence-electron chi connectivity index (χ2n) is 11.8. The van der Waals surface area contributed by atoms with Gasteiger partial charge in [0.2, 0.25) is 5.78 Å². The van der Waals surface area contributed by atoms with E-state index in [9.17, 15) is 34.8 Å². The molecule has 0 bridgehead atoms. The van der Waals surface area contributed by atoms with Gasteiger partial charge in [-0.3, -0.25) is 19.3 Å². The number of rotatable bonds is 5. The van der Waals surface area contributed by atoms with Crippen LogP contribution in [0.15, 0.2) is 53.0 Å². The number of primary amides is 1. The molecule has 220 valence electrons. The number of ketones is 2. The number of methoxy groups -OCH3 is 1. The maximum absolute atomic E-state index is 14.0. The Morgan fingerprint density at radius 1 is 1.05 bits per heavy atom. The number of fused-ring (bicyclic) bond motifs is 3. The largest absolute Gasteiger partial charge is 0.511 e. The minimum absolute atomic E-state index is 0.0207. The summed E-state index contributed by atoms with van der Waals surface area (Å²) >= 11 is 0. The number of allylic oxidation sites excluding steroid dienone is 2. The summed E-state index contributed by atoms with van der Waals surface area (Å²) in [7, 11) is 1.57. The van der Waals surface area contributed by atoms with E-state index in [1.807, 2.05) is 18.2 Å². The van der Waals surface area contributed by atoms with E-state index >= 15 is 0 Å². The molecule has 0 spiro atoms. The zero-order valence-corrected chi connectivity index (χ0v) is 23.4. The van der Waals surface area contributed by atoms with Crippen molar-refractivity contribution in [3.05, 3.63) is 69.7 Å². The second kappa shape index (κ2) is 10.3. The summed E-state index contributed by atoms with van der Waals surface area (Å²) in [5.41, 5.74) is 4.82. The summed E-state index contributed by atoms with van der Waals surface area (Å²) in [5.74, 6) is -5.88. The molecule has 3 atom stereocenters. The van der Waals surface area contributed by atoms with Crippen molar-refractivity contribution >= 4 is 17.5 Å². The Kier molecular flexibility index (Phi) is 6.86. The van der Waals surface area contributed by atoms with Crippen molar-refractivity contribution < 1.29 is 39.5 Å². The van der Waals surface area contributed by atoms with E-state index in [-0.39, 0.29) is 36.1 Å². The lowest BCUT2D eigenvalue weighted by molar-refractivity contribution is -0.144. The van der Waals surface area contributed by atoms with Crippen LogP contribution < -0.4 is 10.5 Å². The number of aliphatic hydroxyl groups is 3. The highest BCUT2D eigenvalue weighted by Crippen LogP contribution is 2.52. The van der Waals surface area contributed by atoms with Crippen LogP contribution >= 0.6 is 0 Å². The highest BCUT2D eigenvalue weighted by atomic mass is 16.5. The Balaban J connectivity index is 1.45. The number of hydrogen-bond donors (Lipinski definition) is 5. The monoisotopic (exact) mass is 574 g/mol. The number of nitrogens with zero attached hydrogens (tertiary/aromatic N) is 1. The zero-order chi connectivity index (χ0) is 29.9. The minimum Gasteiger partial charge on any atom is -0.511 e. The Bertz CT molecular complexity index is 1580. The molecule has 1 heterocycles. The van der Waals surface area contributed by atoms with Gasteiger partial charge in [0.15, 0.2) is 11.4 Å². The number of carbonyl (C=O) groups excluding carboxylic acids is 3. The summed E-state index contributed by atoms with van der Waals surface area (Å²) in [6, 6.07) is 9.13. The van der Waals surface area contributed by atoms with E-state index in [1.54, 1.807) is 13.2 Å². The summed E-state index contributed by atoms with van der Waals surface area (Å²) in [5, 5.41) is 44.0. The van der Waals surface area contributed by atoms with Gasteiger partial charge in [-0.15, -0.1) is 0 Å². The van der Waals surface area contributed by atoms with Crippen molar-refractivity contribution in [2.75, 3.05) is 20.2 Å². The SMILES string of the molecule is COc1ccc(CN2CCCCC2)cc1-c1ccc(O)c2c1CC1CC3CC(O)=C(C(N)=O)C(=O)[C@@]3(O)C(O)=C1C2=O. The van der Waals surface area contributed by atoms with Crippen LogP contribution in [-0.2, 0) is 22.6 Å². The van der Waals surface area contributed by atoms with Crippen molar-refractivity contribution in [1.29, 1.82) is 0 Å². The minimum atomic E-state index is -2.59. The number of piperidine rings is 1. The van der Waals surface area contributed by atoms with E-state index < -0.39 is 52.0 Å². The number of carbonyl (C=O) groups is 3. The van der Waals surface area contributed by atoms with Gasteiger partial charge in [-0.25, -0.2) is 0 Å². The van der Waals surface area contributed by atoms with Gasteiger partial charge in [-0.2, -0.15) is 0 Å². The molecule has 1 fully saturated rings. The first kappa shape index (κ1) is 28.0. The Morgan fingerprint density at radius 2 is 1.79 bits per heavy atom. The number of aromatic hydroxyl groups is 1. The molecular weight excluding hydrogens is 540 g/mol. The molecule has 4 aliphatic rings. The predicted molar refractivity (Wildman–Crippen MR) is 152 cm³/mol. The van der Waals surface area contributed by atoms with Crippen LogP contribution in [-0.4, -0.2) is 68.6 Å². The Morgan fingerprint density at radius 3 is 2.48 bits per heavy atom. The average molecular weight is 575 g/mol. The fourth-order valence-corrected chi connectivity index (χ4v) is 7.31. The van der Waals surface area contributed by atoms with Crippen LogP contribution in [0, 0.1) is 11.8 Å². The third-order valence-corrected chi connectivity index (χ3v) is 9.35. The highest BCUT2D eigenvalue weighted by molar-refractivity contribution is 6.24. The maximum Gasteiger partial charge on any atom is 0.255 e. The van der Waals surface area contributed by atoms with Crippen molar-refractivity contribution in [3.8, 4) is 22.6 Å².